The Morgan fingerprint density at radius 1 is 1.33 bits per heavy atom. The third-order valence-corrected chi connectivity index (χ3v) is 2.69. The van der Waals surface area contributed by atoms with Crippen molar-refractivity contribution in [2.24, 2.45) is 7.05 Å². The summed E-state index contributed by atoms with van der Waals surface area (Å²) in [7, 11) is 5.81. The van der Waals surface area contributed by atoms with Gasteiger partial charge in [0, 0.05) is 39.0 Å². The lowest BCUT2D eigenvalue weighted by Crippen LogP contribution is -2.08. The van der Waals surface area contributed by atoms with Gasteiger partial charge in [-0.1, -0.05) is 6.07 Å². The molecule has 0 aliphatic heterocycles. The summed E-state index contributed by atoms with van der Waals surface area (Å²) in [5, 5.41) is 4.24. The zero-order valence-electron chi connectivity index (χ0n) is 10.9. The van der Waals surface area contributed by atoms with Crippen molar-refractivity contribution >= 4 is 11.5 Å². The van der Waals surface area contributed by atoms with E-state index in [1.807, 2.05) is 56.4 Å². The lowest BCUT2D eigenvalue weighted by molar-refractivity contribution is 0.300. The first kappa shape index (κ1) is 12.3. The van der Waals surface area contributed by atoms with E-state index in [0.717, 1.165) is 17.1 Å². The molecule has 0 bridgehead atoms. The van der Waals surface area contributed by atoms with Gasteiger partial charge in [0.15, 0.2) is 0 Å². The van der Waals surface area contributed by atoms with Gasteiger partial charge >= 0.3 is 0 Å². The summed E-state index contributed by atoms with van der Waals surface area (Å²) < 4.78 is 7.33. The predicted molar refractivity (Wildman–Crippen MR) is 72.7 cm³/mol. The monoisotopic (exact) mass is 246 g/mol. The Morgan fingerprint density at radius 3 is 2.72 bits per heavy atom. The summed E-state index contributed by atoms with van der Waals surface area (Å²) in [6.45, 7) is 0.419. The Morgan fingerprint density at radius 2 is 2.11 bits per heavy atom. The molecule has 0 amide bonds. The molecule has 5 heteroatoms. The van der Waals surface area contributed by atoms with Crippen LogP contribution in [0.4, 0.5) is 11.5 Å². The van der Waals surface area contributed by atoms with Crippen LogP contribution in [0.3, 0.4) is 0 Å². The average molecular weight is 246 g/mol. The Bertz CT molecular complexity index is 514. The van der Waals surface area contributed by atoms with Crippen LogP contribution in [0.25, 0.3) is 0 Å². The van der Waals surface area contributed by atoms with E-state index < -0.39 is 0 Å². The van der Waals surface area contributed by atoms with Crippen LogP contribution in [0.1, 0.15) is 5.69 Å². The van der Waals surface area contributed by atoms with E-state index in [9.17, 15) is 0 Å². The van der Waals surface area contributed by atoms with Crippen molar-refractivity contribution < 1.29 is 4.74 Å². The molecule has 0 aliphatic carbocycles. The molecule has 0 atom stereocenters. The van der Waals surface area contributed by atoms with Crippen molar-refractivity contribution in [3.05, 3.63) is 36.0 Å². The number of benzene rings is 1. The summed E-state index contributed by atoms with van der Waals surface area (Å²) in [6, 6.07) is 9.74. The second-order valence-electron chi connectivity index (χ2n) is 4.36. The lowest BCUT2D eigenvalue weighted by Gasteiger charge is -2.13. The van der Waals surface area contributed by atoms with Gasteiger partial charge in [-0.3, -0.25) is 4.68 Å². The highest BCUT2D eigenvalue weighted by molar-refractivity contribution is 5.49. The summed E-state index contributed by atoms with van der Waals surface area (Å²) in [5.74, 6) is 1.46. The zero-order valence-corrected chi connectivity index (χ0v) is 10.9. The van der Waals surface area contributed by atoms with Gasteiger partial charge in [0.25, 0.3) is 0 Å². The molecule has 2 aromatic rings. The van der Waals surface area contributed by atoms with E-state index in [0.29, 0.717) is 12.4 Å². The van der Waals surface area contributed by atoms with E-state index in [1.165, 1.54) is 0 Å². The Labute approximate surface area is 107 Å². The van der Waals surface area contributed by atoms with E-state index >= 15 is 0 Å². The summed E-state index contributed by atoms with van der Waals surface area (Å²) in [4.78, 5) is 2.03. The van der Waals surface area contributed by atoms with Gasteiger partial charge in [-0.2, -0.15) is 5.10 Å². The quantitative estimate of drug-likeness (QED) is 0.891. The molecule has 1 aromatic heterocycles. The van der Waals surface area contributed by atoms with Crippen molar-refractivity contribution in [1.29, 1.82) is 0 Å². The fourth-order valence-electron chi connectivity index (χ4n) is 1.62. The molecule has 0 aliphatic rings. The third kappa shape index (κ3) is 2.74. The highest BCUT2D eigenvalue weighted by Crippen LogP contribution is 2.20. The topological polar surface area (TPSA) is 56.3 Å². The molecule has 0 saturated heterocycles. The number of nitrogen functional groups attached to an aromatic ring is 1. The van der Waals surface area contributed by atoms with Crippen LogP contribution >= 0.6 is 0 Å². The van der Waals surface area contributed by atoms with Crippen LogP contribution in [-0.4, -0.2) is 23.9 Å². The normalized spacial score (nSPS) is 10.4. The first-order valence-electron chi connectivity index (χ1n) is 5.75. The zero-order chi connectivity index (χ0) is 13.1. The standard InChI is InChI=1S/C13H18N4O/c1-16(2)11-5-4-6-12(8-11)18-9-10-7-13(14)17(3)15-10/h4-8H,9,14H2,1-3H3. The number of rotatable bonds is 4. The molecule has 1 heterocycles. The van der Waals surface area contributed by atoms with Crippen LogP contribution in [0.15, 0.2) is 30.3 Å². The fraction of sp³-hybridized carbons (Fsp3) is 0.308. The minimum Gasteiger partial charge on any atom is -0.487 e. The third-order valence-electron chi connectivity index (χ3n) is 2.69. The molecular weight excluding hydrogens is 228 g/mol. The second-order valence-corrected chi connectivity index (χ2v) is 4.36. The van der Waals surface area contributed by atoms with Crippen molar-refractivity contribution in [1.82, 2.24) is 9.78 Å². The van der Waals surface area contributed by atoms with Gasteiger partial charge in [-0.15, -0.1) is 0 Å². The summed E-state index contributed by atoms with van der Waals surface area (Å²) in [6.07, 6.45) is 0. The van der Waals surface area contributed by atoms with E-state index in [-0.39, 0.29) is 0 Å². The first-order chi connectivity index (χ1) is 8.56. The van der Waals surface area contributed by atoms with E-state index in [1.54, 1.807) is 4.68 Å². The molecule has 1 aromatic carbocycles. The Balaban J connectivity index is 2.03. The number of aromatic nitrogens is 2. The number of nitrogens with zero attached hydrogens (tertiary/aromatic N) is 3. The first-order valence-corrected chi connectivity index (χ1v) is 5.75. The van der Waals surface area contributed by atoms with Gasteiger partial charge in [-0.25, -0.2) is 0 Å². The largest absolute Gasteiger partial charge is 0.487 e. The molecule has 0 spiro atoms. The van der Waals surface area contributed by atoms with Crippen LogP contribution in [0.2, 0.25) is 0 Å². The molecule has 0 saturated carbocycles. The number of ether oxygens (including phenoxy) is 1. The molecule has 0 unspecified atom stereocenters. The Hall–Kier alpha value is -2.17. The van der Waals surface area contributed by atoms with Gasteiger partial charge in [0.05, 0.1) is 0 Å². The SMILES string of the molecule is CN(C)c1cccc(OCc2cc(N)n(C)n2)c1. The highest BCUT2D eigenvalue weighted by atomic mass is 16.5. The van der Waals surface area contributed by atoms with Gasteiger partial charge < -0.3 is 15.4 Å². The van der Waals surface area contributed by atoms with Crippen molar-refractivity contribution in [2.75, 3.05) is 24.7 Å². The lowest BCUT2D eigenvalue weighted by atomic mass is 10.3. The van der Waals surface area contributed by atoms with Gasteiger partial charge in [0.2, 0.25) is 0 Å². The van der Waals surface area contributed by atoms with E-state index in [4.69, 9.17) is 10.5 Å². The summed E-state index contributed by atoms with van der Waals surface area (Å²) >= 11 is 0. The highest BCUT2D eigenvalue weighted by Gasteiger charge is 2.03. The van der Waals surface area contributed by atoms with Crippen LogP contribution in [0, 0.1) is 0 Å². The molecule has 2 N–H and O–H groups in total. The van der Waals surface area contributed by atoms with Crippen LogP contribution in [0.5, 0.6) is 5.75 Å². The minimum atomic E-state index is 0.419. The molecule has 96 valence electrons. The number of nitrogens with two attached hydrogens (primary N) is 1. The van der Waals surface area contributed by atoms with Gasteiger partial charge in [-0.05, 0) is 12.1 Å². The minimum absolute atomic E-state index is 0.419. The number of hydrogen-bond donors (Lipinski definition) is 1. The maximum atomic E-state index is 5.71. The van der Waals surface area contributed by atoms with Crippen LogP contribution in [-0.2, 0) is 13.7 Å². The molecule has 0 fully saturated rings. The molecule has 18 heavy (non-hydrogen) atoms. The molecule has 0 radical (unpaired) electrons. The molecule has 5 nitrogen and oxygen atoms in total. The Kier molecular flexibility index (Phi) is 3.41. The molecule has 2 rings (SSSR count). The number of anilines is 2. The van der Waals surface area contributed by atoms with Gasteiger partial charge in [0.1, 0.15) is 23.9 Å². The number of hydrogen-bond acceptors (Lipinski definition) is 4. The number of aryl methyl sites for hydroxylation is 1. The fourth-order valence-corrected chi connectivity index (χ4v) is 1.62. The average Bonchev–Trinajstić information content (AvgIpc) is 2.67. The second kappa shape index (κ2) is 5.00. The maximum Gasteiger partial charge on any atom is 0.132 e. The van der Waals surface area contributed by atoms with E-state index in [2.05, 4.69) is 5.10 Å². The van der Waals surface area contributed by atoms with Crippen molar-refractivity contribution in [2.45, 2.75) is 6.61 Å². The summed E-state index contributed by atoms with van der Waals surface area (Å²) in [5.41, 5.74) is 7.64. The van der Waals surface area contributed by atoms with Crippen LogP contribution < -0.4 is 15.4 Å². The van der Waals surface area contributed by atoms with Crippen molar-refractivity contribution in [3.63, 3.8) is 0 Å². The molecular formula is C13H18N4O. The smallest absolute Gasteiger partial charge is 0.132 e. The maximum absolute atomic E-state index is 5.71. The predicted octanol–water partition coefficient (Wildman–Crippen LogP) is 1.65. The van der Waals surface area contributed by atoms with Crippen molar-refractivity contribution in [3.8, 4) is 5.75 Å².